The highest BCUT2D eigenvalue weighted by Crippen LogP contribution is 2.25. The number of rotatable bonds is 7. The molecule has 0 amide bonds. The highest BCUT2D eigenvalue weighted by Gasteiger charge is 2.17. The van der Waals surface area contributed by atoms with E-state index < -0.39 is 0 Å². The third kappa shape index (κ3) is 4.96. The first-order valence-corrected chi connectivity index (χ1v) is 7.51. The minimum Gasteiger partial charge on any atom is -0.468 e. The predicted molar refractivity (Wildman–Crippen MR) is 76.8 cm³/mol. The van der Waals surface area contributed by atoms with Crippen molar-refractivity contribution in [2.75, 3.05) is 19.4 Å². The summed E-state index contributed by atoms with van der Waals surface area (Å²) in [7, 11) is 1.41. The normalized spacial score (nSPS) is 12.2. The number of hydrogen-bond donors (Lipinski definition) is 1. The van der Waals surface area contributed by atoms with Crippen molar-refractivity contribution < 1.29 is 9.53 Å². The fourth-order valence-corrected chi connectivity index (χ4v) is 2.93. The number of pyridine rings is 1. The fourth-order valence-electron chi connectivity index (χ4n) is 1.44. The summed E-state index contributed by atoms with van der Waals surface area (Å²) in [5.74, 6) is 0.597. The Labute approximate surface area is 120 Å². The number of likely N-dealkylation sites (N-methyl/N-ethyl adjacent to an activating group) is 1. The van der Waals surface area contributed by atoms with Gasteiger partial charge in [0.2, 0.25) is 0 Å². The van der Waals surface area contributed by atoms with Crippen LogP contribution in [0.15, 0.2) is 27.8 Å². The van der Waals surface area contributed by atoms with Gasteiger partial charge >= 0.3 is 5.97 Å². The summed E-state index contributed by atoms with van der Waals surface area (Å²) in [5, 5.41) is 4.06. The molecule has 0 aliphatic carbocycles. The van der Waals surface area contributed by atoms with E-state index in [4.69, 9.17) is 4.74 Å². The number of methoxy groups -OCH3 is 1. The van der Waals surface area contributed by atoms with Crippen LogP contribution in [-0.2, 0) is 9.53 Å². The van der Waals surface area contributed by atoms with E-state index in [0.29, 0.717) is 6.42 Å². The van der Waals surface area contributed by atoms with Crippen molar-refractivity contribution in [3.8, 4) is 0 Å². The summed E-state index contributed by atoms with van der Waals surface area (Å²) in [6.07, 6.45) is 2.48. The molecule has 1 rings (SSSR count). The molecule has 18 heavy (non-hydrogen) atoms. The molecular weight excluding hydrogens is 316 g/mol. The Morgan fingerprint density at radius 1 is 1.67 bits per heavy atom. The van der Waals surface area contributed by atoms with Gasteiger partial charge in [0.25, 0.3) is 0 Å². The highest BCUT2D eigenvalue weighted by molar-refractivity contribution is 9.10. The molecule has 0 fully saturated rings. The van der Waals surface area contributed by atoms with Gasteiger partial charge in [-0.25, -0.2) is 4.98 Å². The standard InChI is InChI=1S/C12H17BrN2O2S/c1-3-14-10(12(16)17-2)6-8-18-11-9(13)5-4-7-15-11/h4-5,7,10,14H,3,6,8H2,1-2H3. The van der Waals surface area contributed by atoms with E-state index in [1.54, 1.807) is 18.0 Å². The van der Waals surface area contributed by atoms with E-state index in [0.717, 1.165) is 21.8 Å². The first-order chi connectivity index (χ1) is 8.69. The minimum absolute atomic E-state index is 0.211. The van der Waals surface area contributed by atoms with Gasteiger partial charge in [0, 0.05) is 16.4 Å². The average molecular weight is 333 g/mol. The second-order valence-electron chi connectivity index (χ2n) is 3.56. The number of thioether (sulfide) groups is 1. The second kappa shape index (κ2) is 8.50. The average Bonchev–Trinajstić information content (AvgIpc) is 2.39. The zero-order valence-electron chi connectivity index (χ0n) is 10.5. The molecule has 1 aromatic rings. The zero-order chi connectivity index (χ0) is 13.4. The molecule has 0 saturated carbocycles. The predicted octanol–water partition coefficient (Wildman–Crippen LogP) is 2.48. The summed E-state index contributed by atoms with van der Waals surface area (Å²) in [6.45, 7) is 2.72. The van der Waals surface area contributed by atoms with Crippen molar-refractivity contribution in [1.29, 1.82) is 0 Å². The van der Waals surface area contributed by atoms with Crippen LogP contribution >= 0.6 is 27.7 Å². The van der Waals surface area contributed by atoms with Crippen molar-refractivity contribution >= 4 is 33.7 Å². The number of esters is 1. The molecule has 0 bridgehead atoms. The van der Waals surface area contributed by atoms with Gasteiger partial charge in [-0.2, -0.15) is 0 Å². The molecular formula is C12H17BrN2O2S. The molecule has 1 N–H and O–H groups in total. The van der Waals surface area contributed by atoms with Gasteiger partial charge in [-0.3, -0.25) is 4.79 Å². The third-order valence-corrected chi connectivity index (χ3v) is 4.25. The van der Waals surface area contributed by atoms with Crippen LogP contribution in [0.2, 0.25) is 0 Å². The number of nitrogens with zero attached hydrogens (tertiary/aromatic N) is 1. The molecule has 0 saturated heterocycles. The monoisotopic (exact) mass is 332 g/mol. The number of carbonyl (C=O) groups is 1. The van der Waals surface area contributed by atoms with Crippen LogP contribution in [0.3, 0.4) is 0 Å². The molecule has 0 aliphatic rings. The Morgan fingerprint density at radius 3 is 3.06 bits per heavy atom. The fraction of sp³-hybridized carbons (Fsp3) is 0.500. The van der Waals surface area contributed by atoms with E-state index in [9.17, 15) is 4.79 Å². The molecule has 0 radical (unpaired) electrons. The van der Waals surface area contributed by atoms with Crippen LogP contribution in [-0.4, -0.2) is 36.4 Å². The van der Waals surface area contributed by atoms with E-state index in [2.05, 4.69) is 26.2 Å². The lowest BCUT2D eigenvalue weighted by molar-refractivity contribution is -0.143. The maximum Gasteiger partial charge on any atom is 0.322 e. The summed E-state index contributed by atoms with van der Waals surface area (Å²) in [4.78, 5) is 15.8. The Bertz CT molecular complexity index is 390. The van der Waals surface area contributed by atoms with Gasteiger partial charge in [0.1, 0.15) is 11.1 Å². The summed E-state index contributed by atoms with van der Waals surface area (Å²) in [5.41, 5.74) is 0. The van der Waals surface area contributed by atoms with Crippen LogP contribution < -0.4 is 5.32 Å². The van der Waals surface area contributed by atoms with E-state index >= 15 is 0 Å². The number of halogens is 1. The molecule has 0 aliphatic heterocycles. The van der Waals surface area contributed by atoms with E-state index in [-0.39, 0.29) is 12.0 Å². The third-order valence-electron chi connectivity index (χ3n) is 2.31. The van der Waals surface area contributed by atoms with Crippen molar-refractivity contribution in [3.63, 3.8) is 0 Å². The van der Waals surface area contributed by atoms with Gasteiger partial charge in [-0.1, -0.05) is 6.92 Å². The van der Waals surface area contributed by atoms with E-state index in [1.807, 2.05) is 19.1 Å². The molecule has 4 nitrogen and oxygen atoms in total. The first-order valence-electron chi connectivity index (χ1n) is 5.73. The Balaban J connectivity index is 2.44. The lowest BCUT2D eigenvalue weighted by Gasteiger charge is -2.14. The number of aromatic nitrogens is 1. The molecule has 100 valence electrons. The van der Waals surface area contributed by atoms with Gasteiger partial charge in [-0.05, 0) is 41.0 Å². The number of hydrogen-bond acceptors (Lipinski definition) is 5. The Morgan fingerprint density at radius 2 is 2.44 bits per heavy atom. The van der Waals surface area contributed by atoms with Crippen LogP contribution in [0, 0.1) is 0 Å². The maximum atomic E-state index is 11.5. The Kier molecular flexibility index (Phi) is 7.31. The van der Waals surface area contributed by atoms with Crippen LogP contribution in [0.4, 0.5) is 0 Å². The molecule has 1 unspecified atom stereocenters. The second-order valence-corrected chi connectivity index (χ2v) is 5.50. The SMILES string of the molecule is CCNC(CCSc1ncccc1Br)C(=O)OC. The van der Waals surface area contributed by atoms with Gasteiger partial charge in [0.15, 0.2) is 0 Å². The maximum absolute atomic E-state index is 11.5. The minimum atomic E-state index is -0.241. The summed E-state index contributed by atoms with van der Waals surface area (Å²) < 4.78 is 5.74. The van der Waals surface area contributed by atoms with E-state index in [1.165, 1.54) is 7.11 Å². The number of carbonyl (C=O) groups excluding carboxylic acids is 1. The van der Waals surface area contributed by atoms with Crippen LogP contribution in [0.1, 0.15) is 13.3 Å². The molecule has 6 heteroatoms. The molecule has 0 aromatic carbocycles. The largest absolute Gasteiger partial charge is 0.468 e. The molecule has 1 atom stereocenters. The molecule has 0 spiro atoms. The summed E-state index contributed by atoms with van der Waals surface area (Å²) >= 11 is 5.07. The lowest BCUT2D eigenvalue weighted by Crippen LogP contribution is -2.37. The number of ether oxygens (including phenoxy) is 1. The van der Waals surface area contributed by atoms with Gasteiger partial charge in [-0.15, -0.1) is 11.8 Å². The highest BCUT2D eigenvalue weighted by atomic mass is 79.9. The first kappa shape index (κ1) is 15.5. The summed E-state index contributed by atoms with van der Waals surface area (Å²) in [6, 6.07) is 3.59. The van der Waals surface area contributed by atoms with Crippen molar-refractivity contribution in [3.05, 3.63) is 22.8 Å². The molecule has 1 heterocycles. The van der Waals surface area contributed by atoms with Crippen LogP contribution in [0.5, 0.6) is 0 Å². The van der Waals surface area contributed by atoms with Gasteiger partial charge < -0.3 is 10.1 Å². The quantitative estimate of drug-likeness (QED) is 0.614. The van der Waals surface area contributed by atoms with Crippen molar-refractivity contribution in [2.24, 2.45) is 0 Å². The molecule has 1 aromatic heterocycles. The zero-order valence-corrected chi connectivity index (χ0v) is 12.9. The lowest BCUT2D eigenvalue weighted by atomic mass is 10.2. The number of nitrogens with one attached hydrogen (secondary N) is 1. The topological polar surface area (TPSA) is 51.2 Å². The Hall–Kier alpha value is -0.590. The van der Waals surface area contributed by atoms with Crippen molar-refractivity contribution in [1.82, 2.24) is 10.3 Å². The smallest absolute Gasteiger partial charge is 0.322 e. The van der Waals surface area contributed by atoms with Crippen molar-refractivity contribution in [2.45, 2.75) is 24.4 Å². The van der Waals surface area contributed by atoms with Gasteiger partial charge in [0.05, 0.1) is 7.11 Å². The van der Waals surface area contributed by atoms with Crippen LogP contribution in [0.25, 0.3) is 0 Å².